The van der Waals surface area contributed by atoms with Crippen LogP contribution in [-0.4, -0.2) is 0 Å². The predicted octanol–water partition coefficient (Wildman–Crippen LogP) is 4.17. The van der Waals surface area contributed by atoms with Crippen LogP contribution in [-0.2, 0) is 0 Å². The average Bonchev–Trinajstić information content (AvgIpc) is 2.43. The van der Waals surface area contributed by atoms with Crippen LogP contribution in [0.2, 0.25) is 0 Å². The molecule has 0 amide bonds. The molecule has 0 saturated heterocycles. The van der Waals surface area contributed by atoms with E-state index < -0.39 is 0 Å². The van der Waals surface area contributed by atoms with Crippen LogP contribution in [0.15, 0.2) is 40.9 Å². The fraction of sp³-hybridized carbons (Fsp3) is 0. The number of hydrogen-bond acceptors (Lipinski definition) is 3. The van der Waals surface area contributed by atoms with Crippen LogP contribution in [0.5, 0.6) is 11.5 Å². The summed E-state index contributed by atoms with van der Waals surface area (Å²) < 4.78 is 6.54. The summed E-state index contributed by atoms with van der Waals surface area (Å²) >= 11 is 3.36. The highest BCUT2D eigenvalue weighted by atomic mass is 79.9. The van der Waals surface area contributed by atoms with E-state index in [0.717, 1.165) is 10.0 Å². The van der Waals surface area contributed by atoms with Crippen molar-refractivity contribution in [3.63, 3.8) is 0 Å². The monoisotopic (exact) mass is 311 g/mol. The van der Waals surface area contributed by atoms with Crippen molar-refractivity contribution in [2.45, 2.75) is 0 Å². The van der Waals surface area contributed by atoms with Crippen molar-refractivity contribution < 1.29 is 4.74 Å². The van der Waals surface area contributed by atoms with E-state index in [1.165, 1.54) is 0 Å². The lowest BCUT2D eigenvalue weighted by Gasteiger charge is -2.08. The van der Waals surface area contributed by atoms with Gasteiger partial charge in [-0.25, -0.2) is 0 Å². The molecule has 3 nitrogen and oxygen atoms in total. The number of ether oxygens (including phenoxy) is 1. The zero-order valence-corrected chi connectivity index (χ0v) is 11.4. The molecule has 0 fully saturated rings. The number of rotatable bonds is 2. The van der Waals surface area contributed by atoms with E-state index >= 15 is 0 Å². The molecule has 0 N–H and O–H groups in total. The summed E-state index contributed by atoms with van der Waals surface area (Å²) in [4.78, 5) is 0. The van der Waals surface area contributed by atoms with Gasteiger partial charge in [0.25, 0.3) is 0 Å². The highest BCUT2D eigenvalue weighted by Crippen LogP contribution is 2.27. The maximum absolute atomic E-state index is 8.95. The van der Waals surface area contributed by atoms with Crippen LogP contribution in [0.4, 0.5) is 0 Å². The third kappa shape index (κ3) is 2.93. The highest BCUT2D eigenvalue weighted by molar-refractivity contribution is 9.10. The molecule has 2 aromatic rings. The molecule has 0 bridgehead atoms. The van der Waals surface area contributed by atoms with E-state index in [4.69, 9.17) is 15.3 Å². The minimum absolute atomic E-state index is 0.298. The number of nitriles is 2. The normalized spacial score (nSPS) is 9.47. The standard InChI is InChI=1S/C15H8BrN2O/c1-10-6-13(4-5-15(10)16)19-14-3-2-11(8-17)12(7-14)9-18/h2-7H,1H2. The molecule has 0 spiro atoms. The average molecular weight is 312 g/mol. The lowest BCUT2D eigenvalue weighted by atomic mass is 10.1. The quantitative estimate of drug-likeness (QED) is 0.836. The Morgan fingerprint density at radius 2 is 1.58 bits per heavy atom. The third-order valence-corrected chi connectivity index (χ3v) is 3.26. The fourth-order valence-electron chi connectivity index (χ4n) is 1.53. The van der Waals surface area contributed by atoms with Gasteiger partial charge in [-0.2, -0.15) is 10.5 Å². The summed E-state index contributed by atoms with van der Waals surface area (Å²) in [5, 5.41) is 17.8. The molecule has 1 radical (unpaired) electrons. The Morgan fingerprint density at radius 1 is 0.947 bits per heavy atom. The minimum Gasteiger partial charge on any atom is -0.457 e. The first-order chi connectivity index (χ1) is 9.13. The zero-order valence-electron chi connectivity index (χ0n) is 9.85. The first kappa shape index (κ1) is 13.1. The minimum atomic E-state index is 0.298. The van der Waals surface area contributed by atoms with Crippen molar-refractivity contribution in [1.82, 2.24) is 0 Å². The van der Waals surface area contributed by atoms with Gasteiger partial charge in [0, 0.05) is 4.47 Å². The summed E-state index contributed by atoms with van der Waals surface area (Å²) in [6, 6.07) is 14.1. The highest BCUT2D eigenvalue weighted by Gasteiger charge is 2.05. The topological polar surface area (TPSA) is 56.8 Å². The van der Waals surface area contributed by atoms with Crippen molar-refractivity contribution in [1.29, 1.82) is 10.5 Å². The molecule has 0 aromatic heterocycles. The molecule has 0 heterocycles. The number of halogens is 1. The van der Waals surface area contributed by atoms with Crippen LogP contribution in [0.3, 0.4) is 0 Å². The SMILES string of the molecule is [CH2]c1cc(Oc2ccc(C#N)c(C#N)c2)ccc1Br. The second-order valence-electron chi connectivity index (χ2n) is 3.79. The molecule has 0 aliphatic heterocycles. The number of benzene rings is 2. The molecule has 0 saturated carbocycles. The predicted molar refractivity (Wildman–Crippen MR) is 74.5 cm³/mol. The molecule has 4 heteroatoms. The van der Waals surface area contributed by atoms with E-state index in [9.17, 15) is 0 Å². The van der Waals surface area contributed by atoms with Crippen LogP contribution < -0.4 is 4.74 Å². The molecule has 0 atom stereocenters. The van der Waals surface area contributed by atoms with Crippen molar-refractivity contribution in [3.05, 3.63) is 64.5 Å². The maximum atomic E-state index is 8.95. The van der Waals surface area contributed by atoms with E-state index in [1.807, 2.05) is 18.2 Å². The van der Waals surface area contributed by atoms with Crippen molar-refractivity contribution >= 4 is 15.9 Å². The lowest BCUT2D eigenvalue weighted by Crippen LogP contribution is -1.89. The van der Waals surface area contributed by atoms with Crippen LogP contribution in [0, 0.1) is 29.6 Å². The van der Waals surface area contributed by atoms with E-state index in [-0.39, 0.29) is 0 Å². The van der Waals surface area contributed by atoms with E-state index in [2.05, 4.69) is 22.9 Å². The first-order valence-electron chi connectivity index (χ1n) is 5.37. The summed E-state index contributed by atoms with van der Waals surface area (Å²) in [6.07, 6.45) is 0. The third-order valence-electron chi connectivity index (χ3n) is 2.48. The lowest BCUT2D eigenvalue weighted by molar-refractivity contribution is 0.482. The fourth-order valence-corrected chi connectivity index (χ4v) is 1.77. The Bertz CT molecular complexity index is 711. The van der Waals surface area contributed by atoms with Gasteiger partial charge in [-0.05, 0) is 48.9 Å². The molecule has 2 aromatic carbocycles. The molecule has 0 aliphatic rings. The van der Waals surface area contributed by atoms with Gasteiger partial charge >= 0.3 is 0 Å². The van der Waals surface area contributed by atoms with E-state index in [0.29, 0.717) is 22.6 Å². The maximum Gasteiger partial charge on any atom is 0.128 e. The Labute approximate surface area is 119 Å². The van der Waals surface area contributed by atoms with Gasteiger partial charge in [-0.15, -0.1) is 0 Å². The van der Waals surface area contributed by atoms with Gasteiger partial charge < -0.3 is 4.74 Å². The van der Waals surface area contributed by atoms with Crippen LogP contribution in [0.25, 0.3) is 0 Å². The largest absolute Gasteiger partial charge is 0.457 e. The van der Waals surface area contributed by atoms with Gasteiger partial charge in [-0.3, -0.25) is 0 Å². The Kier molecular flexibility index (Phi) is 3.85. The zero-order chi connectivity index (χ0) is 13.8. The number of nitrogens with zero attached hydrogens (tertiary/aromatic N) is 2. The Hall–Kier alpha value is -2.30. The molecular formula is C15H8BrN2O. The second kappa shape index (κ2) is 5.56. The second-order valence-corrected chi connectivity index (χ2v) is 4.64. The van der Waals surface area contributed by atoms with Crippen molar-refractivity contribution in [2.75, 3.05) is 0 Å². The van der Waals surface area contributed by atoms with Crippen LogP contribution in [0.1, 0.15) is 16.7 Å². The Morgan fingerprint density at radius 3 is 2.21 bits per heavy atom. The molecule has 19 heavy (non-hydrogen) atoms. The molecule has 0 unspecified atom stereocenters. The molecule has 2 rings (SSSR count). The van der Waals surface area contributed by atoms with Gasteiger partial charge in [-0.1, -0.05) is 15.9 Å². The summed E-state index contributed by atoms with van der Waals surface area (Å²) in [7, 11) is 0. The number of hydrogen-bond donors (Lipinski definition) is 0. The van der Waals surface area contributed by atoms with Gasteiger partial charge in [0.05, 0.1) is 11.1 Å². The summed E-state index contributed by atoms with van der Waals surface area (Å²) in [5.74, 6) is 1.14. The van der Waals surface area contributed by atoms with Gasteiger partial charge in [0.1, 0.15) is 23.6 Å². The van der Waals surface area contributed by atoms with E-state index in [1.54, 1.807) is 30.3 Å². The first-order valence-corrected chi connectivity index (χ1v) is 6.17. The van der Waals surface area contributed by atoms with Gasteiger partial charge in [0.15, 0.2) is 0 Å². The molecule has 0 aliphatic carbocycles. The summed E-state index contributed by atoms with van der Waals surface area (Å²) in [5.41, 5.74) is 1.45. The summed E-state index contributed by atoms with van der Waals surface area (Å²) in [6.45, 7) is 3.86. The molecular weight excluding hydrogens is 304 g/mol. The van der Waals surface area contributed by atoms with Crippen molar-refractivity contribution in [3.8, 4) is 23.6 Å². The van der Waals surface area contributed by atoms with Crippen molar-refractivity contribution in [2.24, 2.45) is 0 Å². The Balaban J connectivity index is 2.32. The van der Waals surface area contributed by atoms with Gasteiger partial charge in [0.2, 0.25) is 0 Å². The smallest absolute Gasteiger partial charge is 0.128 e. The van der Waals surface area contributed by atoms with Crippen LogP contribution >= 0.6 is 15.9 Å². The molecule has 91 valence electrons.